The molecule has 0 aliphatic heterocycles. The van der Waals surface area contributed by atoms with Crippen LogP contribution in [0.5, 0.6) is 0 Å². The van der Waals surface area contributed by atoms with E-state index < -0.39 is 21.2 Å². The predicted octanol–water partition coefficient (Wildman–Crippen LogP) is 0.907. The normalized spacial score (nSPS) is 13.3. The molecule has 5 nitrogen and oxygen atoms in total. The van der Waals surface area contributed by atoms with E-state index in [1.165, 1.54) is 31.2 Å². The number of carboxylic acid groups (broad SMARTS) is 1. The lowest BCUT2D eigenvalue weighted by molar-refractivity contribution is -0.144. The van der Waals surface area contributed by atoms with Gasteiger partial charge in [-0.25, -0.2) is 13.2 Å². The highest BCUT2D eigenvalue weighted by Crippen LogP contribution is 2.16. The van der Waals surface area contributed by atoms with Crippen LogP contribution in [-0.2, 0) is 19.4 Å². The first-order chi connectivity index (χ1) is 7.50. The Hall–Kier alpha value is -1.40. The first-order valence-electron chi connectivity index (χ1n) is 4.63. The van der Waals surface area contributed by atoms with Crippen LogP contribution in [0, 0.1) is 0 Å². The highest BCUT2D eigenvalue weighted by molar-refractivity contribution is 7.92. The zero-order valence-corrected chi connectivity index (χ0v) is 9.48. The van der Waals surface area contributed by atoms with Crippen LogP contribution < -0.4 is 0 Å². The molecule has 0 aliphatic rings. The van der Waals surface area contributed by atoms with E-state index in [4.69, 9.17) is 9.84 Å². The Labute approximate surface area is 93.6 Å². The van der Waals surface area contributed by atoms with E-state index in [2.05, 4.69) is 0 Å². The third-order valence-corrected chi connectivity index (χ3v) is 3.70. The second-order valence-electron chi connectivity index (χ2n) is 2.98. The van der Waals surface area contributed by atoms with E-state index >= 15 is 0 Å². The summed E-state index contributed by atoms with van der Waals surface area (Å²) in [5, 5.41) is 8.80. The topological polar surface area (TPSA) is 80.7 Å². The summed E-state index contributed by atoms with van der Waals surface area (Å²) in [6.07, 6.45) is 0. The van der Waals surface area contributed by atoms with Crippen molar-refractivity contribution in [1.29, 1.82) is 0 Å². The van der Waals surface area contributed by atoms with E-state index in [-0.39, 0.29) is 11.5 Å². The van der Waals surface area contributed by atoms with Crippen molar-refractivity contribution >= 4 is 15.8 Å². The maximum Gasteiger partial charge on any atom is 0.349 e. The van der Waals surface area contributed by atoms with Gasteiger partial charge < -0.3 is 9.84 Å². The van der Waals surface area contributed by atoms with Gasteiger partial charge in [-0.15, -0.1) is 0 Å². The minimum atomic E-state index is -3.98. The molecule has 0 fully saturated rings. The van der Waals surface area contributed by atoms with Crippen LogP contribution in [-0.4, -0.2) is 31.5 Å². The Morgan fingerprint density at radius 2 is 1.94 bits per heavy atom. The predicted molar refractivity (Wildman–Crippen MR) is 56.7 cm³/mol. The van der Waals surface area contributed by atoms with Gasteiger partial charge in [0.25, 0.3) is 5.44 Å². The number of carboxylic acids is 1. The van der Waals surface area contributed by atoms with Gasteiger partial charge in [-0.05, 0) is 19.1 Å². The van der Waals surface area contributed by atoms with Gasteiger partial charge in [-0.2, -0.15) is 0 Å². The summed E-state index contributed by atoms with van der Waals surface area (Å²) in [6, 6.07) is 7.37. The number of hydrogen-bond acceptors (Lipinski definition) is 4. The summed E-state index contributed by atoms with van der Waals surface area (Å²) in [5.41, 5.74) is -1.85. The van der Waals surface area contributed by atoms with Gasteiger partial charge >= 0.3 is 5.97 Å². The molecule has 1 atom stereocenters. The Morgan fingerprint density at radius 1 is 1.38 bits per heavy atom. The van der Waals surface area contributed by atoms with Gasteiger partial charge in [-0.1, -0.05) is 18.2 Å². The van der Waals surface area contributed by atoms with E-state index in [0.29, 0.717) is 0 Å². The van der Waals surface area contributed by atoms with Crippen LogP contribution in [0.4, 0.5) is 0 Å². The summed E-state index contributed by atoms with van der Waals surface area (Å²) in [6.45, 7) is 1.56. The fourth-order valence-electron chi connectivity index (χ4n) is 1.18. The van der Waals surface area contributed by atoms with Crippen molar-refractivity contribution in [3.8, 4) is 0 Å². The molecule has 16 heavy (non-hydrogen) atoms. The zero-order chi connectivity index (χ0) is 12.2. The summed E-state index contributed by atoms with van der Waals surface area (Å²) >= 11 is 0. The van der Waals surface area contributed by atoms with Gasteiger partial charge in [0.15, 0.2) is 0 Å². The van der Waals surface area contributed by atoms with Gasteiger partial charge in [-0.3, -0.25) is 0 Å². The van der Waals surface area contributed by atoms with Gasteiger partial charge in [0.1, 0.15) is 0 Å². The molecule has 88 valence electrons. The molecule has 0 heterocycles. The Morgan fingerprint density at radius 3 is 2.38 bits per heavy atom. The molecule has 0 radical (unpaired) electrons. The smallest absolute Gasteiger partial charge is 0.349 e. The highest BCUT2D eigenvalue weighted by Gasteiger charge is 2.34. The molecule has 0 aliphatic carbocycles. The molecule has 1 unspecified atom stereocenters. The molecule has 0 spiro atoms. The van der Waals surface area contributed by atoms with Crippen molar-refractivity contribution in [1.82, 2.24) is 0 Å². The first kappa shape index (κ1) is 12.7. The number of benzene rings is 1. The number of ether oxygens (including phenoxy) is 1. The third kappa shape index (κ3) is 2.59. The van der Waals surface area contributed by atoms with Gasteiger partial charge in [0.2, 0.25) is 9.84 Å². The van der Waals surface area contributed by atoms with Crippen LogP contribution in [0.3, 0.4) is 0 Å². The molecule has 0 saturated carbocycles. The minimum Gasteiger partial charge on any atom is -0.479 e. The lowest BCUT2D eigenvalue weighted by atomic mass is 10.4. The van der Waals surface area contributed by atoms with Gasteiger partial charge in [0, 0.05) is 6.61 Å². The van der Waals surface area contributed by atoms with Crippen LogP contribution in [0.1, 0.15) is 6.92 Å². The summed E-state index contributed by atoms with van der Waals surface area (Å²) in [4.78, 5) is 10.7. The molecule has 6 heteroatoms. The zero-order valence-electron chi connectivity index (χ0n) is 8.66. The monoisotopic (exact) mass is 244 g/mol. The number of carbonyl (C=O) groups is 1. The van der Waals surface area contributed by atoms with E-state index in [0.717, 1.165) is 0 Å². The molecule has 0 aromatic heterocycles. The fourth-order valence-corrected chi connectivity index (χ4v) is 2.54. The van der Waals surface area contributed by atoms with Crippen molar-refractivity contribution in [3.63, 3.8) is 0 Å². The Balaban J connectivity index is 3.14. The van der Waals surface area contributed by atoms with Crippen molar-refractivity contribution in [3.05, 3.63) is 30.3 Å². The molecule has 1 aromatic carbocycles. The van der Waals surface area contributed by atoms with Crippen LogP contribution in [0.15, 0.2) is 35.2 Å². The summed E-state index contributed by atoms with van der Waals surface area (Å²) in [7, 11) is -3.98. The second-order valence-corrected chi connectivity index (χ2v) is 4.97. The SMILES string of the molecule is CCOC(C(=O)O)S(=O)(=O)c1ccccc1. The molecule has 0 saturated heterocycles. The maximum absolute atomic E-state index is 11.9. The number of hydrogen-bond donors (Lipinski definition) is 1. The molecule has 1 aromatic rings. The largest absolute Gasteiger partial charge is 0.479 e. The molecular formula is C10H12O5S. The van der Waals surface area contributed by atoms with Crippen molar-refractivity contribution in [2.45, 2.75) is 17.3 Å². The van der Waals surface area contributed by atoms with Crippen molar-refractivity contribution < 1.29 is 23.1 Å². The Kier molecular flexibility index (Phi) is 4.03. The second kappa shape index (κ2) is 5.09. The average molecular weight is 244 g/mol. The van der Waals surface area contributed by atoms with Crippen LogP contribution >= 0.6 is 0 Å². The Bertz CT molecular complexity index is 451. The van der Waals surface area contributed by atoms with E-state index in [9.17, 15) is 13.2 Å². The molecule has 0 bridgehead atoms. The van der Waals surface area contributed by atoms with Crippen LogP contribution in [0.25, 0.3) is 0 Å². The van der Waals surface area contributed by atoms with Crippen molar-refractivity contribution in [2.24, 2.45) is 0 Å². The fraction of sp³-hybridized carbons (Fsp3) is 0.300. The molecular weight excluding hydrogens is 232 g/mol. The number of sulfone groups is 1. The average Bonchev–Trinajstić information content (AvgIpc) is 2.26. The van der Waals surface area contributed by atoms with Crippen LogP contribution in [0.2, 0.25) is 0 Å². The number of rotatable bonds is 5. The lowest BCUT2D eigenvalue weighted by Crippen LogP contribution is -2.33. The lowest BCUT2D eigenvalue weighted by Gasteiger charge is -2.13. The third-order valence-electron chi connectivity index (χ3n) is 1.87. The molecule has 1 N–H and O–H groups in total. The van der Waals surface area contributed by atoms with E-state index in [1.54, 1.807) is 6.07 Å². The van der Waals surface area contributed by atoms with E-state index in [1.807, 2.05) is 0 Å². The highest BCUT2D eigenvalue weighted by atomic mass is 32.2. The minimum absolute atomic E-state index is 0.0169. The molecule has 1 rings (SSSR count). The quantitative estimate of drug-likeness (QED) is 0.832. The van der Waals surface area contributed by atoms with Gasteiger partial charge in [0.05, 0.1) is 4.90 Å². The standard InChI is InChI=1S/C10H12O5S/c1-2-15-10(9(11)12)16(13,14)8-6-4-3-5-7-8/h3-7,10H,2H2,1H3,(H,11,12). The maximum atomic E-state index is 11.9. The molecule has 0 amide bonds. The summed E-state index contributed by atoms with van der Waals surface area (Å²) in [5.74, 6) is -1.51. The first-order valence-corrected chi connectivity index (χ1v) is 6.18. The number of aliphatic carboxylic acids is 1. The van der Waals surface area contributed by atoms with Crippen molar-refractivity contribution in [2.75, 3.05) is 6.61 Å². The summed E-state index contributed by atoms with van der Waals surface area (Å²) < 4.78 is 28.5.